The lowest BCUT2D eigenvalue weighted by Crippen LogP contribution is -2.54. The number of aryl methyl sites for hydroxylation is 1. The summed E-state index contributed by atoms with van der Waals surface area (Å²) in [5.74, 6) is -1.16. The van der Waals surface area contributed by atoms with Gasteiger partial charge in [-0.05, 0) is 75.2 Å². The van der Waals surface area contributed by atoms with Gasteiger partial charge in [-0.25, -0.2) is 12.8 Å². The highest BCUT2D eigenvalue weighted by molar-refractivity contribution is 7.92. The van der Waals surface area contributed by atoms with Crippen LogP contribution < -0.4 is 14.4 Å². The van der Waals surface area contributed by atoms with E-state index in [0.717, 1.165) is 15.4 Å². The van der Waals surface area contributed by atoms with Gasteiger partial charge in [-0.3, -0.25) is 13.9 Å². The summed E-state index contributed by atoms with van der Waals surface area (Å²) in [4.78, 5) is 29.7. The van der Waals surface area contributed by atoms with Crippen LogP contribution in [0.2, 0.25) is 0 Å². The topological polar surface area (TPSA) is 96.0 Å². The Hall–Kier alpha value is -4.70. The Kier molecular flexibility index (Phi) is 11.5. The monoisotopic (exact) mass is 645 g/mol. The van der Waals surface area contributed by atoms with Crippen LogP contribution in [0, 0.1) is 12.7 Å². The first-order valence-corrected chi connectivity index (χ1v) is 16.6. The number of anilines is 1. The lowest BCUT2D eigenvalue weighted by molar-refractivity contribution is -0.140. The van der Waals surface area contributed by atoms with E-state index in [4.69, 9.17) is 4.74 Å². The molecule has 1 atom stereocenters. The van der Waals surface area contributed by atoms with Crippen LogP contribution in [0.3, 0.4) is 0 Å². The van der Waals surface area contributed by atoms with Crippen molar-refractivity contribution in [1.29, 1.82) is 0 Å². The fourth-order valence-electron chi connectivity index (χ4n) is 5.01. The molecule has 4 aromatic carbocycles. The Morgan fingerprint density at radius 3 is 2.11 bits per heavy atom. The first kappa shape index (κ1) is 34.2. The summed E-state index contributed by atoms with van der Waals surface area (Å²) < 4.78 is 49.2. The molecule has 2 amide bonds. The first-order chi connectivity index (χ1) is 22.0. The third-order valence-electron chi connectivity index (χ3n) is 7.29. The molecule has 46 heavy (non-hydrogen) atoms. The molecule has 0 radical (unpaired) electrons. The van der Waals surface area contributed by atoms with Crippen molar-refractivity contribution in [3.63, 3.8) is 0 Å². The second kappa shape index (κ2) is 15.5. The average Bonchev–Trinajstić information content (AvgIpc) is 3.03. The fourth-order valence-corrected chi connectivity index (χ4v) is 6.44. The smallest absolute Gasteiger partial charge is 0.264 e. The number of sulfonamides is 1. The molecular weight excluding hydrogens is 605 g/mol. The molecule has 0 aliphatic rings. The Morgan fingerprint density at radius 2 is 1.48 bits per heavy atom. The number of halogens is 1. The van der Waals surface area contributed by atoms with Crippen molar-refractivity contribution in [2.45, 2.75) is 57.6 Å². The van der Waals surface area contributed by atoms with Gasteiger partial charge in [0.05, 0.1) is 17.2 Å². The second-order valence-corrected chi connectivity index (χ2v) is 13.1. The highest BCUT2D eigenvalue weighted by Crippen LogP contribution is 2.33. The number of nitrogens with one attached hydrogen (secondary N) is 1. The molecule has 0 bridgehead atoms. The van der Waals surface area contributed by atoms with Crippen molar-refractivity contribution >= 4 is 27.5 Å². The number of benzene rings is 4. The van der Waals surface area contributed by atoms with Crippen LogP contribution in [0.15, 0.2) is 108 Å². The van der Waals surface area contributed by atoms with Crippen LogP contribution in [-0.4, -0.2) is 50.4 Å². The first-order valence-electron chi connectivity index (χ1n) is 15.2. The molecule has 0 saturated carbocycles. The molecule has 242 valence electrons. The molecule has 4 aromatic rings. The number of hydrogen-bond acceptors (Lipinski definition) is 5. The number of ether oxygens (including phenoxy) is 1. The minimum Gasteiger partial charge on any atom is -0.492 e. The van der Waals surface area contributed by atoms with Crippen molar-refractivity contribution in [3.05, 3.63) is 126 Å². The summed E-state index contributed by atoms with van der Waals surface area (Å²) in [5, 5.41) is 2.92. The maximum absolute atomic E-state index is 14.5. The van der Waals surface area contributed by atoms with E-state index in [9.17, 15) is 22.4 Å². The van der Waals surface area contributed by atoms with Gasteiger partial charge >= 0.3 is 0 Å². The summed E-state index contributed by atoms with van der Waals surface area (Å²) in [5.41, 5.74) is 2.45. The predicted octanol–water partition coefficient (Wildman–Crippen LogP) is 5.89. The minimum absolute atomic E-state index is 0.000623. The van der Waals surface area contributed by atoms with E-state index < -0.39 is 40.2 Å². The normalized spacial score (nSPS) is 12.0. The fraction of sp³-hybridized carbons (Fsp3) is 0.278. The zero-order valence-corrected chi connectivity index (χ0v) is 27.3. The number of para-hydroxylation sites is 2. The molecule has 10 heteroatoms. The minimum atomic E-state index is -4.29. The van der Waals surface area contributed by atoms with Crippen molar-refractivity contribution in [1.82, 2.24) is 10.2 Å². The highest BCUT2D eigenvalue weighted by atomic mass is 32.2. The number of carbonyl (C=O) groups excluding carboxylic acids is 2. The Morgan fingerprint density at radius 1 is 0.848 bits per heavy atom. The molecule has 0 spiro atoms. The van der Waals surface area contributed by atoms with Crippen LogP contribution in [0.1, 0.15) is 37.5 Å². The maximum Gasteiger partial charge on any atom is 0.264 e. The van der Waals surface area contributed by atoms with E-state index >= 15 is 0 Å². The third kappa shape index (κ3) is 8.72. The van der Waals surface area contributed by atoms with E-state index in [0.29, 0.717) is 5.56 Å². The molecule has 0 fully saturated rings. The molecule has 0 aliphatic heterocycles. The summed E-state index contributed by atoms with van der Waals surface area (Å²) in [7, 11) is -4.29. The standard InChI is InChI=1S/C36H40FN3O5S/c1-5-45-34-14-10-9-13-32(34)40(46(43,44)31-21-15-27(4)16-22-31)25-35(41)39(24-29-17-19-30(37)20-18-29)33(36(42)38-26(2)3)23-28-11-7-6-8-12-28/h6-22,26,33H,5,23-25H2,1-4H3,(H,38,42). The van der Waals surface area contributed by atoms with Crippen molar-refractivity contribution in [3.8, 4) is 5.75 Å². The number of carbonyl (C=O) groups is 2. The van der Waals surface area contributed by atoms with Crippen LogP contribution in [0.4, 0.5) is 10.1 Å². The van der Waals surface area contributed by atoms with E-state index in [1.807, 2.05) is 51.1 Å². The lowest BCUT2D eigenvalue weighted by atomic mass is 10.0. The summed E-state index contributed by atoms with van der Waals surface area (Å²) in [6.45, 7) is 6.87. The second-order valence-electron chi connectivity index (χ2n) is 11.2. The van der Waals surface area contributed by atoms with Gasteiger partial charge in [-0.2, -0.15) is 0 Å². The highest BCUT2D eigenvalue weighted by Gasteiger charge is 2.35. The Balaban J connectivity index is 1.84. The van der Waals surface area contributed by atoms with E-state index in [-0.39, 0.29) is 41.9 Å². The van der Waals surface area contributed by atoms with Gasteiger partial charge in [0.15, 0.2) is 0 Å². The van der Waals surface area contributed by atoms with Gasteiger partial charge in [0.25, 0.3) is 10.0 Å². The SMILES string of the molecule is CCOc1ccccc1N(CC(=O)N(Cc1ccc(F)cc1)C(Cc1ccccc1)C(=O)NC(C)C)S(=O)(=O)c1ccc(C)cc1. The molecule has 1 unspecified atom stereocenters. The zero-order valence-electron chi connectivity index (χ0n) is 26.5. The number of rotatable bonds is 14. The molecule has 4 rings (SSSR count). The van der Waals surface area contributed by atoms with Crippen LogP contribution in [0.25, 0.3) is 0 Å². The molecule has 8 nitrogen and oxygen atoms in total. The van der Waals surface area contributed by atoms with E-state index in [2.05, 4.69) is 5.32 Å². The van der Waals surface area contributed by atoms with Crippen LogP contribution in [-0.2, 0) is 32.6 Å². The number of amides is 2. The lowest BCUT2D eigenvalue weighted by Gasteiger charge is -2.34. The van der Waals surface area contributed by atoms with Gasteiger partial charge in [-0.15, -0.1) is 0 Å². The number of nitrogens with zero attached hydrogens (tertiary/aromatic N) is 2. The van der Waals surface area contributed by atoms with Crippen LogP contribution in [0.5, 0.6) is 5.75 Å². The molecule has 0 heterocycles. The van der Waals surface area contributed by atoms with E-state index in [1.165, 1.54) is 29.2 Å². The molecular formula is C36H40FN3O5S. The Labute approximate surface area is 270 Å². The Bertz CT molecular complexity index is 1710. The number of hydrogen-bond donors (Lipinski definition) is 1. The summed E-state index contributed by atoms with van der Waals surface area (Å²) in [6.07, 6.45) is 0.173. The molecule has 1 N–H and O–H groups in total. The third-order valence-corrected chi connectivity index (χ3v) is 9.06. The van der Waals surface area contributed by atoms with E-state index in [1.54, 1.807) is 55.5 Å². The summed E-state index contributed by atoms with van der Waals surface area (Å²) in [6, 6.07) is 26.7. The van der Waals surface area contributed by atoms with Crippen molar-refractivity contribution in [2.75, 3.05) is 17.5 Å². The van der Waals surface area contributed by atoms with Gasteiger partial charge in [0.1, 0.15) is 24.2 Å². The molecule has 0 aromatic heterocycles. The zero-order chi connectivity index (χ0) is 33.3. The van der Waals surface area contributed by atoms with Crippen molar-refractivity contribution in [2.24, 2.45) is 0 Å². The van der Waals surface area contributed by atoms with Gasteiger partial charge in [0, 0.05) is 19.0 Å². The largest absolute Gasteiger partial charge is 0.492 e. The maximum atomic E-state index is 14.5. The predicted molar refractivity (Wildman–Crippen MR) is 177 cm³/mol. The van der Waals surface area contributed by atoms with Gasteiger partial charge < -0.3 is 15.0 Å². The van der Waals surface area contributed by atoms with Crippen molar-refractivity contribution < 1.29 is 27.1 Å². The molecule has 0 saturated heterocycles. The van der Waals surface area contributed by atoms with Gasteiger partial charge in [-0.1, -0.05) is 72.3 Å². The average molecular weight is 646 g/mol. The molecule has 0 aliphatic carbocycles. The van der Waals surface area contributed by atoms with Crippen LogP contribution >= 0.6 is 0 Å². The summed E-state index contributed by atoms with van der Waals surface area (Å²) >= 11 is 0. The van der Waals surface area contributed by atoms with Gasteiger partial charge in [0.2, 0.25) is 11.8 Å². The quantitative estimate of drug-likeness (QED) is 0.185.